The summed E-state index contributed by atoms with van der Waals surface area (Å²) < 4.78 is 40.7. The monoisotopic (exact) mass is 467 g/mol. The zero-order valence-corrected chi connectivity index (χ0v) is 18.8. The Morgan fingerprint density at radius 3 is 2.53 bits per heavy atom. The highest BCUT2D eigenvalue weighted by Gasteiger charge is 2.31. The number of hydrogen-bond acceptors (Lipinski definition) is 7. The van der Waals surface area contributed by atoms with Gasteiger partial charge in [0.05, 0.1) is 10.4 Å². The van der Waals surface area contributed by atoms with Gasteiger partial charge in [-0.1, -0.05) is 24.3 Å². The first-order valence-corrected chi connectivity index (χ1v) is 12.6. The third-order valence-electron chi connectivity index (χ3n) is 5.31. The minimum Gasteiger partial charge on any atom is -0.473 e. The fraction of sp³-hybridized carbons (Fsp3) is 0.217. The summed E-state index contributed by atoms with van der Waals surface area (Å²) in [4.78, 5) is 8.72. The van der Waals surface area contributed by atoms with Crippen molar-refractivity contribution in [1.29, 1.82) is 0 Å². The number of nitrogens with zero attached hydrogens (tertiary/aromatic N) is 3. The molecule has 0 amide bonds. The van der Waals surface area contributed by atoms with Crippen LogP contribution in [0.25, 0.3) is 10.2 Å². The summed E-state index contributed by atoms with van der Waals surface area (Å²) in [5, 5.41) is 1.96. The van der Waals surface area contributed by atoms with Crippen molar-refractivity contribution in [2.75, 3.05) is 13.1 Å². The number of thiophene rings is 1. The molecule has 0 radical (unpaired) electrons. The maximum Gasteiger partial charge on any atom is 0.243 e. The number of hydrogen-bond donors (Lipinski definition) is 0. The van der Waals surface area contributed by atoms with E-state index < -0.39 is 10.0 Å². The number of aromatic nitrogens is 2. The molecule has 4 aromatic rings. The molecule has 7 nitrogen and oxygen atoms in total. The molecule has 0 unspecified atom stereocenters. The van der Waals surface area contributed by atoms with Crippen molar-refractivity contribution in [3.05, 3.63) is 72.4 Å². The Kier molecular flexibility index (Phi) is 5.77. The fourth-order valence-electron chi connectivity index (χ4n) is 3.67. The van der Waals surface area contributed by atoms with Crippen LogP contribution in [-0.4, -0.2) is 41.9 Å². The Morgan fingerprint density at radius 1 is 0.938 bits per heavy atom. The number of rotatable bonds is 6. The zero-order chi connectivity index (χ0) is 22.0. The van der Waals surface area contributed by atoms with Crippen molar-refractivity contribution < 1.29 is 17.9 Å². The molecule has 0 N–H and O–H groups in total. The number of ether oxygens (including phenoxy) is 2. The van der Waals surface area contributed by atoms with Gasteiger partial charge in [-0.15, -0.1) is 11.3 Å². The summed E-state index contributed by atoms with van der Waals surface area (Å²) in [7, 11) is -3.62. The first-order valence-electron chi connectivity index (χ1n) is 10.3. The van der Waals surface area contributed by atoms with E-state index in [1.807, 2.05) is 41.8 Å². The van der Waals surface area contributed by atoms with Gasteiger partial charge in [0, 0.05) is 19.2 Å². The summed E-state index contributed by atoms with van der Waals surface area (Å²) in [6.45, 7) is 0.769. The summed E-state index contributed by atoms with van der Waals surface area (Å²) in [6.07, 6.45) is 2.59. The van der Waals surface area contributed by atoms with Gasteiger partial charge in [0.1, 0.15) is 28.6 Å². The Balaban J connectivity index is 1.26. The van der Waals surface area contributed by atoms with Crippen molar-refractivity contribution >= 4 is 31.6 Å². The number of piperidine rings is 1. The standard InChI is InChI=1S/C23H21N3O4S2/c27-32(28,20-8-4-7-19(15-20)29-17-5-2-1-3-6-17)26-12-9-18(10-13-26)30-23-22-21(11-14-31-22)24-16-25-23/h1-8,11,14-16,18H,9-10,12-13H2. The molecule has 0 saturated carbocycles. The Morgan fingerprint density at radius 2 is 1.72 bits per heavy atom. The van der Waals surface area contributed by atoms with Crippen molar-refractivity contribution in [2.45, 2.75) is 23.8 Å². The molecule has 0 spiro atoms. The SMILES string of the molecule is O=S(=O)(c1cccc(Oc2ccccc2)c1)N1CCC(Oc2ncnc3ccsc23)CC1. The molecule has 0 aliphatic carbocycles. The lowest BCUT2D eigenvalue weighted by Gasteiger charge is -2.31. The van der Waals surface area contributed by atoms with Crippen LogP contribution >= 0.6 is 11.3 Å². The van der Waals surface area contributed by atoms with Crippen LogP contribution < -0.4 is 9.47 Å². The lowest BCUT2D eigenvalue weighted by atomic mass is 10.1. The van der Waals surface area contributed by atoms with E-state index >= 15 is 0 Å². The van der Waals surface area contributed by atoms with Gasteiger partial charge in [0.2, 0.25) is 15.9 Å². The van der Waals surface area contributed by atoms with Gasteiger partial charge < -0.3 is 9.47 Å². The third-order valence-corrected chi connectivity index (χ3v) is 8.10. The highest BCUT2D eigenvalue weighted by molar-refractivity contribution is 7.89. The Bertz CT molecular complexity index is 1320. The van der Waals surface area contributed by atoms with Crippen LogP contribution in [0.15, 0.2) is 77.3 Å². The number of benzene rings is 2. The molecule has 9 heteroatoms. The molecule has 0 atom stereocenters. The molecule has 1 fully saturated rings. The fourth-order valence-corrected chi connectivity index (χ4v) is 5.95. The van der Waals surface area contributed by atoms with Crippen molar-refractivity contribution in [1.82, 2.24) is 14.3 Å². The van der Waals surface area contributed by atoms with E-state index in [2.05, 4.69) is 9.97 Å². The molecule has 2 aromatic carbocycles. The molecule has 32 heavy (non-hydrogen) atoms. The van der Waals surface area contributed by atoms with E-state index in [1.54, 1.807) is 24.3 Å². The Hall–Kier alpha value is -3.01. The van der Waals surface area contributed by atoms with E-state index in [-0.39, 0.29) is 11.0 Å². The zero-order valence-electron chi connectivity index (χ0n) is 17.1. The maximum atomic E-state index is 13.2. The molecule has 1 aliphatic rings. The molecular weight excluding hydrogens is 446 g/mol. The topological polar surface area (TPSA) is 81.6 Å². The summed E-state index contributed by atoms with van der Waals surface area (Å²) in [5.74, 6) is 1.71. The van der Waals surface area contributed by atoms with Crippen LogP contribution in [0.2, 0.25) is 0 Å². The van der Waals surface area contributed by atoms with E-state index in [1.165, 1.54) is 22.0 Å². The van der Waals surface area contributed by atoms with Crippen LogP contribution in [0.3, 0.4) is 0 Å². The van der Waals surface area contributed by atoms with Gasteiger partial charge in [-0.2, -0.15) is 4.31 Å². The smallest absolute Gasteiger partial charge is 0.243 e. The predicted molar refractivity (Wildman–Crippen MR) is 123 cm³/mol. The van der Waals surface area contributed by atoms with Gasteiger partial charge >= 0.3 is 0 Å². The van der Waals surface area contributed by atoms with Crippen molar-refractivity contribution in [3.63, 3.8) is 0 Å². The van der Waals surface area contributed by atoms with E-state index in [0.717, 1.165) is 10.2 Å². The molecule has 2 aromatic heterocycles. The third kappa shape index (κ3) is 4.32. The number of fused-ring (bicyclic) bond motifs is 1. The van der Waals surface area contributed by atoms with Crippen molar-refractivity contribution in [2.24, 2.45) is 0 Å². The van der Waals surface area contributed by atoms with Gasteiger partial charge in [-0.3, -0.25) is 0 Å². The van der Waals surface area contributed by atoms with Crippen LogP contribution in [0.1, 0.15) is 12.8 Å². The minimum atomic E-state index is -3.62. The van der Waals surface area contributed by atoms with E-state index in [0.29, 0.717) is 43.3 Å². The van der Waals surface area contributed by atoms with E-state index in [4.69, 9.17) is 9.47 Å². The summed E-state index contributed by atoms with van der Waals surface area (Å²) in [6, 6.07) is 17.8. The lowest BCUT2D eigenvalue weighted by Crippen LogP contribution is -2.41. The average Bonchev–Trinajstić information content (AvgIpc) is 3.30. The summed E-state index contributed by atoms with van der Waals surface area (Å²) >= 11 is 1.54. The van der Waals surface area contributed by atoms with E-state index in [9.17, 15) is 8.42 Å². The highest BCUT2D eigenvalue weighted by atomic mass is 32.2. The summed E-state index contributed by atoms with van der Waals surface area (Å²) in [5.41, 5.74) is 0.859. The second-order valence-corrected chi connectivity index (χ2v) is 10.3. The average molecular weight is 468 g/mol. The van der Waals surface area contributed by atoms with Gasteiger partial charge in [0.15, 0.2) is 0 Å². The van der Waals surface area contributed by atoms with Crippen LogP contribution in [0, 0.1) is 0 Å². The quantitative estimate of drug-likeness (QED) is 0.408. The van der Waals surface area contributed by atoms with Crippen LogP contribution in [-0.2, 0) is 10.0 Å². The van der Waals surface area contributed by atoms with Gasteiger partial charge in [-0.05, 0) is 48.6 Å². The second-order valence-electron chi connectivity index (χ2n) is 7.43. The van der Waals surface area contributed by atoms with Crippen LogP contribution in [0.4, 0.5) is 0 Å². The number of sulfonamides is 1. The largest absolute Gasteiger partial charge is 0.473 e. The number of para-hydroxylation sites is 1. The molecule has 0 bridgehead atoms. The van der Waals surface area contributed by atoms with Gasteiger partial charge in [-0.25, -0.2) is 18.4 Å². The highest BCUT2D eigenvalue weighted by Crippen LogP contribution is 2.30. The molecule has 5 rings (SSSR count). The van der Waals surface area contributed by atoms with Crippen LogP contribution in [0.5, 0.6) is 17.4 Å². The first-order chi connectivity index (χ1) is 15.6. The molecule has 1 saturated heterocycles. The maximum absolute atomic E-state index is 13.2. The van der Waals surface area contributed by atoms with Crippen molar-refractivity contribution in [3.8, 4) is 17.4 Å². The minimum absolute atomic E-state index is 0.0885. The normalized spacial score (nSPS) is 15.6. The molecular formula is C23H21N3O4S2. The predicted octanol–water partition coefficient (Wildman–Crippen LogP) is 4.72. The first kappa shape index (κ1) is 20.9. The Labute approximate surface area is 190 Å². The van der Waals surface area contributed by atoms with Gasteiger partial charge in [0.25, 0.3) is 0 Å². The molecule has 1 aliphatic heterocycles. The second kappa shape index (κ2) is 8.85. The lowest BCUT2D eigenvalue weighted by molar-refractivity contribution is 0.132. The molecule has 164 valence electrons. The molecule has 3 heterocycles.